The van der Waals surface area contributed by atoms with Crippen molar-refractivity contribution >= 4 is 0 Å². The Morgan fingerprint density at radius 2 is 2.21 bits per heavy atom. The zero-order valence-corrected chi connectivity index (χ0v) is 9.08. The number of hydrogen-bond donors (Lipinski definition) is 1. The number of nitrogens with one attached hydrogen (secondary N) is 1. The van der Waals surface area contributed by atoms with Gasteiger partial charge in [0.15, 0.2) is 0 Å². The lowest BCUT2D eigenvalue weighted by Crippen LogP contribution is -2.22. The Bertz CT molecular complexity index is 261. The third-order valence-corrected chi connectivity index (χ3v) is 1.94. The average molecular weight is 198 g/mol. The number of aromatic nitrogens is 2. The van der Waals surface area contributed by atoms with Crippen LogP contribution in [0.3, 0.4) is 0 Å². The van der Waals surface area contributed by atoms with Crippen LogP contribution in [0.2, 0.25) is 0 Å². The van der Waals surface area contributed by atoms with E-state index in [1.807, 2.05) is 7.05 Å². The highest BCUT2D eigenvalue weighted by Gasteiger charge is 2.05. The van der Waals surface area contributed by atoms with Crippen LogP contribution in [-0.2, 0) is 6.54 Å². The van der Waals surface area contributed by atoms with E-state index in [2.05, 4.69) is 27.5 Å². The molecule has 1 aromatic rings. The van der Waals surface area contributed by atoms with Gasteiger partial charge in [0.25, 0.3) is 0 Å². The van der Waals surface area contributed by atoms with E-state index in [1.165, 1.54) is 0 Å². The molecule has 1 N–H and O–H groups in total. The van der Waals surface area contributed by atoms with Crippen molar-refractivity contribution in [3.63, 3.8) is 0 Å². The number of rotatable bonds is 6. The first kappa shape index (κ1) is 11.1. The van der Waals surface area contributed by atoms with E-state index in [9.17, 15) is 0 Å². The first-order chi connectivity index (χ1) is 6.72. The standard InChI is InChI=1S/C9H18N4O/c1-8-11-12-9(14-8)7-13(3)6-4-5-10-2/h10H,4-7H2,1-3H3. The van der Waals surface area contributed by atoms with Crippen molar-refractivity contribution in [3.8, 4) is 0 Å². The van der Waals surface area contributed by atoms with Gasteiger partial charge in [-0.15, -0.1) is 10.2 Å². The number of nitrogens with zero attached hydrogens (tertiary/aromatic N) is 3. The number of aryl methyl sites for hydroxylation is 1. The summed E-state index contributed by atoms with van der Waals surface area (Å²) in [7, 11) is 4.01. The fourth-order valence-corrected chi connectivity index (χ4v) is 1.24. The monoisotopic (exact) mass is 198 g/mol. The molecule has 0 saturated heterocycles. The van der Waals surface area contributed by atoms with E-state index in [1.54, 1.807) is 6.92 Å². The molecule has 5 heteroatoms. The third kappa shape index (κ3) is 3.85. The van der Waals surface area contributed by atoms with Crippen molar-refractivity contribution in [2.45, 2.75) is 19.9 Å². The van der Waals surface area contributed by atoms with Crippen LogP contribution in [0.4, 0.5) is 0 Å². The smallest absolute Gasteiger partial charge is 0.230 e. The van der Waals surface area contributed by atoms with Gasteiger partial charge in [0.1, 0.15) is 0 Å². The Labute approximate surface area is 84.5 Å². The normalized spacial score (nSPS) is 11.1. The van der Waals surface area contributed by atoms with Crippen LogP contribution in [-0.4, -0.2) is 42.3 Å². The molecule has 0 saturated carbocycles. The van der Waals surface area contributed by atoms with E-state index in [0.717, 1.165) is 26.1 Å². The van der Waals surface area contributed by atoms with Gasteiger partial charge in [-0.25, -0.2) is 0 Å². The van der Waals surface area contributed by atoms with Gasteiger partial charge in [0.2, 0.25) is 11.8 Å². The van der Waals surface area contributed by atoms with E-state index >= 15 is 0 Å². The van der Waals surface area contributed by atoms with Gasteiger partial charge < -0.3 is 9.73 Å². The van der Waals surface area contributed by atoms with Crippen LogP contribution in [0.1, 0.15) is 18.2 Å². The maximum atomic E-state index is 5.28. The molecule has 0 amide bonds. The summed E-state index contributed by atoms with van der Waals surface area (Å²) < 4.78 is 5.28. The van der Waals surface area contributed by atoms with Crippen LogP contribution in [0, 0.1) is 6.92 Å². The second-order valence-electron chi connectivity index (χ2n) is 3.41. The Morgan fingerprint density at radius 1 is 1.43 bits per heavy atom. The molecule has 14 heavy (non-hydrogen) atoms. The molecule has 5 nitrogen and oxygen atoms in total. The van der Waals surface area contributed by atoms with Gasteiger partial charge in [0.05, 0.1) is 6.54 Å². The molecule has 0 aliphatic heterocycles. The third-order valence-electron chi connectivity index (χ3n) is 1.94. The molecule has 0 aliphatic carbocycles. The van der Waals surface area contributed by atoms with E-state index in [0.29, 0.717) is 11.8 Å². The fraction of sp³-hybridized carbons (Fsp3) is 0.778. The minimum absolute atomic E-state index is 0.628. The lowest BCUT2D eigenvalue weighted by molar-refractivity contribution is 0.282. The SMILES string of the molecule is CNCCCN(C)Cc1nnc(C)o1. The molecule has 0 unspecified atom stereocenters. The van der Waals surface area contributed by atoms with Crippen LogP contribution in [0.5, 0.6) is 0 Å². The quantitative estimate of drug-likeness (QED) is 0.671. The summed E-state index contributed by atoms with van der Waals surface area (Å²) in [4.78, 5) is 2.17. The Hall–Kier alpha value is -0.940. The van der Waals surface area contributed by atoms with Gasteiger partial charge in [-0.2, -0.15) is 0 Å². The molecule has 0 bridgehead atoms. The fourth-order valence-electron chi connectivity index (χ4n) is 1.24. The molecule has 80 valence electrons. The molecule has 0 spiro atoms. The highest BCUT2D eigenvalue weighted by Crippen LogP contribution is 2.01. The molecule has 0 radical (unpaired) electrons. The van der Waals surface area contributed by atoms with Gasteiger partial charge in [0, 0.05) is 6.92 Å². The lowest BCUT2D eigenvalue weighted by atomic mass is 10.4. The second-order valence-corrected chi connectivity index (χ2v) is 3.41. The van der Waals surface area contributed by atoms with Crippen molar-refractivity contribution in [2.24, 2.45) is 0 Å². The number of hydrogen-bond acceptors (Lipinski definition) is 5. The molecule has 0 fully saturated rings. The summed E-state index contributed by atoms with van der Waals surface area (Å²) >= 11 is 0. The molecule has 0 atom stereocenters. The molecule has 1 aromatic heterocycles. The van der Waals surface area contributed by atoms with Crippen molar-refractivity contribution in [3.05, 3.63) is 11.8 Å². The van der Waals surface area contributed by atoms with Gasteiger partial charge in [-0.3, -0.25) is 4.90 Å². The zero-order chi connectivity index (χ0) is 10.4. The maximum Gasteiger partial charge on any atom is 0.230 e. The van der Waals surface area contributed by atoms with Gasteiger partial charge in [-0.1, -0.05) is 0 Å². The predicted molar refractivity (Wildman–Crippen MR) is 53.9 cm³/mol. The predicted octanol–water partition coefficient (Wildman–Crippen LogP) is 0.419. The summed E-state index contributed by atoms with van der Waals surface area (Å²) in [6.07, 6.45) is 1.13. The summed E-state index contributed by atoms with van der Waals surface area (Å²) in [5.74, 6) is 1.32. The van der Waals surface area contributed by atoms with E-state index < -0.39 is 0 Å². The van der Waals surface area contributed by atoms with E-state index in [-0.39, 0.29) is 0 Å². The molecular formula is C9H18N4O. The minimum Gasteiger partial charge on any atom is -0.424 e. The van der Waals surface area contributed by atoms with Crippen molar-refractivity contribution in [1.29, 1.82) is 0 Å². The molecule has 0 aromatic carbocycles. The highest BCUT2D eigenvalue weighted by atomic mass is 16.4. The van der Waals surface area contributed by atoms with Crippen LogP contribution in [0.25, 0.3) is 0 Å². The lowest BCUT2D eigenvalue weighted by Gasteiger charge is -2.13. The first-order valence-electron chi connectivity index (χ1n) is 4.84. The summed E-state index contributed by atoms with van der Waals surface area (Å²) in [5.41, 5.74) is 0. The highest BCUT2D eigenvalue weighted by molar-refractivity contribution is 4.78. The summed E-state index contributed by atoms with van der Waals surface area (Å²) in [6, 6.07) is 0. The van der Waals surface area contributed by atoms with Gasteiger partial charge in [-0.05, 0) is 33.6 Å². The summed E-state index contributed by atoms with van der Waals surface area (Å²) in [5, 5.41) is 10.8. The van der Waals surface area contributed by atoms with Gasteiger partial charge >= 0.3 is 0 Å². The Morgan fingerprint density at radius 3 is 2.79 bits per heavy atom. The Balaban J connectivity index is 2.23. The van der Waals surface area contributed by atoms with Crippen LogP contribution < -0.4 is 5.32 Å². The van der Waals surface area contributed by atoms with Crippen LogP contribution >= 0.6 is 0 Å². The van der Waals surface area contributed by atoms with Crippen molar-refractivity contribution < 1.29 is 4.42 Å². The summed E-state index contributed by atoms with van der Waals surface area (Å²) in [6.45, 7) is 4.59. The minimum atomic E-state index is 0.628. The molecule has 1 rings (SSSR count). The van der Waals surface area contributed by atoms with Crippen molar-refractivity contribution in [1.82, 2.24) is 20.4 Å². The average Bonchev–Trinajstić information content (AvgIpc) is 2.52. The topological polar surface area (TPSA) is 54.2 Å². The molecule has 0 aliphatic rings. The first-order valence-corrected chi connectivity index (χ1v) is 4.84. The van der Waals surface area contributed by atoms with E-state index in [4.69, 9.17) is 4.42 Å². The zero-order valence-electron chi connectivity index (χ0n) is 9.08. The van der Waals surface area contributed by atoms with Crippen LogP contribution in [0.15, 0.2) is 4.42 Å². The Kier molecular flexibility index (Phi) is 4.55. The molecular weight excluding hydrogens is 180 g/mol. The second kappa shape index (κ2) is 5.72. The van der Waals surface area contributed by atoms with Crippen molar-refractivity contribution in [2.75, 3.05) is 27.2 Å². The largest absolute Gasteiger partial charge is 0.424 e. The molecule has 1 heterocycles. The maximum absolute atomic E-state index is 5.28.